The molecule has 1 unspecified atom stereocenters. The fraction of sp³-hybridized carbons (Fsp3) is 0.385. The first-order valence-electron chi connectivity index (χ1n) is 6.16. The summed E-state index contributed by atoms with van der Waals surface area (Å²) >= 11 is 7.14. The van der Waals surface area contributed by atoms with E-state index in [0.717, 1.165) is 33.3 Å². The van der Waals surface area contributed by atoms with Crippen LogP contribution in [0.25, 0.3) is 0 Å². The summed E-state index contributed by atoms with van der Waals surface area (Å²) in [5, 5.41) is 7.81. The van der Waals surface area contributed by atoms with Gasteiger partial charge in [-0.3, -0.25) is 9.67 Å². The van der Waals surface area contributed by atoms with Gasteiger partial charge in [0.25, 0.3) is 0 Å². The van der Waals surface area contributed by atoms with Crippen LogP contribution in [0.2, 0.25) is 0 Å². The van der Waals surface area contributed by atoms with Crippen LogP contribution in [0, 0.1) is 0 Å². The van der Waals surface area contributed by atoms with Gasteiger partial charge in [-0.1, -0.05) is 6.92 Å². The van der Waals surface area contributed by atoms with Gasteiger partial charge in [-0.2, -0.15) is 5.10 Å². The summed E-state index contributed by atoms with van der Waals surface area (Å²) in [6.45, 7) is 3.07. The Labute approximate surface area is 129 Å². The summed E-state index contributed by atoms with van der Waals surface area (Å²) in [5.74, 6) is 0. The molecule has 0 radical (unpaired) electrons. The van der Waals surface area contributed by atoms with Crippen LogP contribution >= 0.6 is 31.9 Å². The van der Waals surface area contributed by atoms with E-state index in [4.69, 9.17) is 0 Å². The highest BCUT2D eigenvalue weighted by atomic mass is 79.9. The number of aryl methyl sites for hydroxylation is 1. The molecule has 102 valence electrons. The zero-order chi connectivity index (χ0) is 13.8. The summed E-state index contributed by atoms with van der Waals surface area (Å²) in [6, 6.07) is 3.94. The summed E-state index contributed by atoms with van der Waals surface area (Å²) in [5.41, 5.74) is 2.05. The van der Waals surface area contributed by atoms with Crippen LogP contribution in [-0.4, -0.2) is 21.3 Å². The molecule has 2 rings (SSSR count). The topological polar surface area (TPSA) is 42.7 Å². The van der Waals surface area contributed by atoms with Gasteiger partial charge in [0, 0.05) is 17.7 Å². The van der Waals surface area contributed by atoms with Crippen LogP contribution in [0.15, 0.2) is 33.5 Å². The molecule has 1 N–H and O–H groups in total. The van der Waals surface area contributed by atoms with E-state index in [2.05, 4.69) is 54.2 Å². The van der Waals surface area contributed by atoms with Crippen molar-refractivity contribution in [3.8, 4) is 0 Å². The molecule has 6 heteroatoms. The van der Waals surface area contributed by atoms with Gasteiger partial charge in [0.1, 0.15) is 0 Å². The van der Waals surface area contributed by atoms with Gasteiger partial charge in [0.15, 0.2) is 0 Å². The van der Waals surface area contributed by atoms with Crippen LogP contribution in [0.3, 0.4) is 0 Å². The second-order valence-electron chi connectivity index (χ2n) is 4.26. The quantitative estimate of drug-likeness (QED) is 0.854. The Kier molecular flexibility index (Phi) is 5.13. The minimum Gasteiger partial charge on any atom is -0.304 e. The van der Waals surface area contributed by atoms with Crippen LogP contribution in [-0.2, 0) is 7.05 Å². The molecule has 4 nitrogen and oxygen atoms in total. The largest absolute Gasteiger partial charge is 0.304 e. The molecule has 0 amide bonds. The standard InChI is InChI=1S/C13H16Br2N4/c1-3-6-16-12(11-9(14)5-4-7-17-11)13-10(15)8-18-19(13)2/h4-5,7-8,12,16H,3,6H2,1-2H3. The molecule has 0 saturated heterocycles. The lowest BCUT2D eigenvalue weighted by Gasteiger charge is -2.20. The zero-order valence-electron chi connectivity index (χ0n) is 10.9. The van der Waals surface area contributed by atoms with Crippen molar-refractivity contribution in [3.05, 3.63) is 44.9 Å². The van der Waals surface area contributed by atoms with Crippen molar-refractivity contribution in [2.45, 2.75) is 19.4 Å². The summed E-state index contributed by atoms with van der Waals surface area (Å²) < 4.78 is 3.86. The van der Waals surface area contributed by atoms with E-state index in [9.17, 15) is 0 Å². The predicted molar refractivity (Wildman–Crippen MR) is 83.0 cm³/mol. The van der Waals surface area contributed by atoms with Gasteiger partial charge >= 0.3 is 0 Å². The summed E-state index contributed by atoms with van der Waals surface area (Å²) in [6.07, 6.45) is 4.69. The lowest BCUT2D eigenvalue weighted by molar-refractivity contribution is 0.540. The fourth-order valence-corrected chi connectivity index (χ4v) is 3.03. The highest BCUT2D eigenvalue weighted by molar-refractivity contribution is 9.10. The molecule has 19 heavy (non-hydrogen) atoms. The monoisotopic (exact) mass is 386 g/mol. The maximum Gasteiger partial charge on any atom is 0.0944 e. The first-order valence-corrected chi connectivity index (χ1v) is 7.75. The smallest absolute Gasteiger partial charge is 0.0944 e. The van der Waals surface area contributed by atoms with Crippen molar-refractivity contribution in [2.24, 2.45) is 7.05 Å². The molecule has 0 spiro atoms. The van der Waals surface area contributed by atoms with Crippen molar-refractivity contribution in [2.75, 3.05) is 6.54 Å². The zero-order valence-corrected chi connectivity index (χ0v) is 14.1. The average Bonchev–Trinajstić information content (AvgIpc) is 2.73. The number of rotatable bonds is 5. The normalized spacial score (nSPS) is 12.6. The molecule has 2 aromatic rings. The lowest BCUT2D eigenvalue weighted by atomic mass is 10.1. The molecule has 2 aromatic heterocycles. The van der Waals surface area contributed by atoms with E-state index in [1.54, 1.807) is 0 Å². The van der Waals surface area contributed by atoms with E-state index >= 15 is 0 Å². The average molecular weight is 388 g/mol. The molecular weight excluding hydrogens is 372 g/mol. The highest BCUT2D eigenvalue weighted by Gasteiger charge is 2.23. The molecule has 0 aliphatic carbocycles. The summed E-state index contributed by atoms with van der Waals surface area (Å²) in [4.78, 5) is 4.50. The van der Waals surface area contributed by atoms with E-state index < -0.39 is 0 Å². The van der Waals surface area contributed by atoms with Gasteiger partial charge in [-0.25, -0.2) is 0 Å². The van der Waals surface area contributed by atoms with Crippen LogP contribution < -0.4 is 5.32 Å². The third kappa shape index (κ3) is 3.24. The Balaban J connectivity index is 2.45. The minimum atomic E-state index is 0.0115. The Morgan fingerprint density at radius 3 is 2.74 bits per heavy atom. The molecule has 0 aromatic carbocycles. The Morgan fingerprint density at radius 2 is 2.16 bits per heavy atom. The first kappa shape index (κ1) is 14.7. The number of hydrogen-bond acceptors (Lipinski definition) is 3. The predicted octanol–water partition coefficient (Wildman–Crippen LogP) is 3.43. The Bertz CT molecular complexity index is 534. The number of pyridine rings is 1. The van der Waals surface area contributed by atoms with Crippen LogP contribution in [0.1, 0.15) is 30.8 Å². The maximum atomic E-state index is 4.50. The number of hydrogen-bond donors (Lipinski definition) is 1. The second-order valence-corrected chi connectivity index (χ2v) is 5.97. The van der Waals surface area contributed by atoms with Crippen molar-refractivity contribution < 1.29 is 0 Å². The minimum absolute atomic E-state index is 0.0115. The molecule has 0 aliphatic rings. The van der Waals surface area contributed by atoms with Gasteiger partial charge in [-0.15, -0.1) is 0 Å². The van der Waals surface area contributed by atoms with Crippen LogP contribution in [0.4, 0.5) is 0 Å². The van der Waals surface area contributed by atoms with E-state index in [1.807, 2.05) is 36.3 Å². The number of aromatic nitrogens is 3. The molecule has 0 bridgehead atoms. The fourth-order valence-electron chi connectivity index (χ4n) is 1.97. The van der Waals surface area contributed by atoms with E-state index in [0.29, 0.717) is 0 Å². The molecule has 0 aliphatic heterocycles. The highest BCUT2D eigenvalue weighted by Crippen LogP contribution is 2.30. The summed E-state index contributed by atoms with van der Waals surface area (Å²) in [7, 11) is 1.94. The third-order valence-electron chi connectivity index (χ3n) is 2.87. The number of halogens is 2. The molecular formula is C13H16Br2N4. The van der Waals surface area contributed by atoms with E-state index in [-0.39, 0.29) is 6.04 Å². The van der Waals surface area contributed by atoms with Gasteiger partial charge in [0.05, 0.1) is 28.1 Å². The maximum absolute atomic E-state index is 4.50. The van der Waals surface area contributed by atoms with Gasteiger partial charge in [0.2, 0.25) is 0 Å². The molecule has 0 saturated carbocycles. The van der Waals surface area contributed by atoms with Crippen molar-refractivity contribution >= 4 is 31.9 Å². The lowest BCUT2D eigenvalue weighted by Crippen LogP contribution is -2.26. The Morgan fingerprint density at radius 1 is 1.37 bits per heavy atom. The van der Waals surface area contributed by atoms with E-state index in [1.165, 1.54) is 0 Å². The van der Waals surface area contributed by atoms with Crippen LogP contribution in [0.5, 0.6) is 0 Å². The Hall–Kier alpha value is -0.720. The molecule has 2 heterocycles. The van der Waals surface area contributed by atoms with Gasteiger partial charge < -0.3 is 5.32 Å². The molecule has 0 fully saturated rings. The van der Waals surface area contributed by atoms with Crippen molar-refractivity contribution in [1.29, 1.82) is 0 Å². The first-order chi connectivity index (χ1) is 9.15. The second kappa shape index (κ2) is 6.63. The number of nitrogens with zero attached hydrogens (tertiary/aromatic N) is 3. The number of nitrogens with one attached hydrogen (secondary N) is 1. The van der Waals surface area contributed by atoms with Crippen molar-refractivity contribution in [3.63, 3.8) is 0 Å². The SMILES string of the molecule is CCCNC(c1ncccc1Br)c1c(Br)cnn1C. The van der Waals surface area contributed by atoms with Crippen molar-refractivity contribution in [1.82, 2.24) is 20.1 Å². The third-order valence-corrected chi connectivity index (χ3v) is 4.15. The molecule has 1 atom stereocenters. The van der Waals surface area contributed by atoms with Gasteiger partial charge in [-0.05, 0) is 57.0 Å².